The fraction of sp³-hybridized carbons (Fsp3) is 0.125. The van der Waals surface area contributed by atoms with Crippen LogP contribution in [0.25, 0.3) is 5.57 Å². The Labute approximate surface area is 188 Å². The summed E-state index contributed by atoms with van der Waals surface area (Å²) in [5.74, 6) is 0.112. The minimum Gasteiger partial charge on any atom is -0.503 e. The molecule has 0 aliphatic carbocycles. The van der Waals surface area contributed by atoms with E-state index in [1.165, 1.54) is 0 Å². The smallest absolute Gasteiger partial charge is 0.290 e. The van der Waals surface area contributed by atoms with E-state index in [-0.39, 0.29) is 5.76 Å². The molecule has 1 atom stereocenters. The molecule has 0 fully saturated rings. The second-order valence-electron chi connectivity index (χ2n) is 7.00. The fourth-order valence-corrected chi connectivity index (χ4v) is 4.05. The van der Waals surface area contributed by atoms with Crippen molar-refractivity contribution >= 4 is 39.0 Å². The number of ether oxygens (including phenoxy) is 1. The van der Waals surface area contributed by atoms with Crippen molar-refractivity contribution in [3.63, 3.8) is 0 Å². The molecule has 0 spiro atoms. The molecule has 0 saturated heterocycles. The van der Waals surface area contributed by atoms with Crippen LogP contribution in [0.5, 0.6) is 5.75 Å². The average Bonchev–Trinajstić information content (AvgIpc) is 3.00. The van der Waals surface area contributed by atoms with Crippen LogP contribution in [0.15, 0.2) is 83.0 Å². The third-order valence-corrected chi connectivity index (χ3v) is 5.94. The standard InChI is InChI=1S/C24H19BrClNO3/c1-30-20-12-2-15(3-13-20)14-27-22(17-4-8-18(25)9-5-17)21(23(28)24(27)29)16-6-10-19(26)11-7-16/h2-13,22,28H,14H2,1H3. The molecule has 0 aromatic heterocycles. The van der Waals surface area contributed by atoms with Crippen LogP contribution in [0.3, 0.4) is 0 Å². The van der Waals surface area contributed by atoms with Crippen LogP contribution in [-0.2, 0) is 11.3 Å². The van der Waals surface area contributed by atoms with Gasteiger partial charge in [0.1, 0.15) is 5.75 Å². The highest BCUT2D eigenvalue weighted by molar-refractivity contribution is 9.10. The lowest BCUT2D eigenvalue weighted by Gasteiger charge is -2.27. The number of nitrogens with zero attached hydrogens (tertiary/aromatic N) is 1. The van der Waals surface area contributed by atoms with Gasteiger partial charge in [-0.2, -0.15) is 0 Å². The van der Waals surface area contributed by atoms with Crippen LogP contribution in [-0.4, -0.2) is 23.0 Å². The van der Waals surface area contributed by atoms with Crippen molar-refractivity contribution in [3.8, 4) is 5.75 Å². The van der Waals surface area contributed by atoms with Gasteiger partial charge in [0.15, 0.2) is 5.76 Å². The molecule has 1 unspecified atom stereocenters. The van der Waals surface area contributed by atoms with Crippen molar-refractivity contribution in [1.29, 1.82) is 0 Å². The molecule has 1 heterocycles. The van der Waals surface area contributed by atoms with Crippen LogP contribution in [0.2, 0.25) is 5.02 Å². The number of carbonyl (C=O) groups excluding carboxylic acids is 1. The van der Waals surface area contributed by atoms with Gasteiger partial charge < -0.3 is 14.7 Å². The van der Waals surface area contributed by atoms with Crippen LogP contribution >= 0.6 is 27.5 Å². The van der Waals surface area contributed by atoms with Crippen LogP contribution < -0.4 is 4.74 Å². The molecule has 0 radical (unpaired) electrons. The van der Waals surface area contributed by atoms with Gasteiger partial charge >= 0.3 is 0 Å². The number of methoxy groups -OCH3 is 1. The summed E-state index contributed by atoms with van der Waals surface area (Å²) in [6.45, 7) is 0.352. The number of aliphatic hydroxyl groups is 1. The average molecular weight is 485 g/mol. The molecular formula is C24H19BrClNO3. The first-order valence-electron chi connectivity index (χ1n) is 9.36. The van der Waals surface area contributed by atoms with E-state index in [9.17, 15) is 9.90 Å². The summed E-state index contributed by atoms with van der Waals surface area (Å²) in [4.78, 5) is 14.8. The summed E-state index contributed by atoms with van der Waals surface area (Å²) in [7, 11) is 1.61. The fourth-order valence-electron chi connectivity index (χ4n) is 3.66. The lowest BCUT2D eigenvalue weighted by Crippen LogP contribution is -2.29. The minimum atomic E-state index is -0.422. The number of rotatable bonds is 5. The van der Waals surface area contributed by atoms with Crippen LogP contribution in [0.1, 0.15) is 22.7 Å². The summed E-state index contributed by atoms with van der Waals surface area (Å²) in [6, 6.07) is 22.1. The summed E-state index contributed by atoms with van der Waals surface area (Å²) >= 11 is 9.50. The first-order chi connectivity index (χ1) is 14.5. The molecule has 0 bridgehead atoms. The van der Waals surface area contributed by atoms with E-state index in [4.69, 9.17) is 16.3 Å². The van der Waals surface area contributed by atoms with Crippen molar-refractivity contribution in [3.05, 3.63) is 105 Å². The maximum atomic E-state index is 13.1. The topological polar surface area (TPSA) is 49.8 Å². The van der Waals surface area contributed by atoms with Crippen molar-refractivity contribution in [2.24, 2.45) is 0 Å². The SMILES string of the molecule is COc1ccc(CN2C(=O)C(O)=C(c3ccc(Cl)cc3)C2c2ccc(Br)cc2)cc1. The summed E-state index contributed by atoms with van der Waals surface area (Å²) in [6.07, 6.45) is 0. The molecule has 152 valence electrons. The number of hydrogen-bond acceptors (Lipinski definition) is 3. The zero-order valence-electron chi connectivity index (χ0n) is 16.2. The molecule has 1 N–H and O–H groups in total. The van der Waals surface area contributed by atoms with E-state index < -0.39 is 11.9 Å². The number of halogens is 2. The van der Waals surface area contributed by atoms with Crippen molar-refractivity contribution in [2.45, 2.75) is 12.6 Å². The van der Waals surface area contributed by atoms with Gasteiger partial charge in [0.2, 0.25) is 0 Å². The number of carbonyl (C=O) groups is 1. The lowest BCUT2D eigenvalue weighted by atomic mass is 9.93. The molecule has 30 heavy (non-hydrogen) atoms. The number of amides is 1. The molecule has 4 nitrogen and oxygen atoms in total. The molecule has 0 saturated carbocycles. The predicted octanol–water partition coefficient (Wildman–Crippen LogP) is 6.16. The Morgan fingerprint density at radius 2 is 1.63 bits per heavy atom. The Bertz CT molecular complexity index is 1090. The quantitative estimate of drug-likeness (QED) is 0.471. The summed E-state index contributed by atoms with van der Waals surface area (Å²) in [5, 5.41) is 11.4. The normalized spacial score (nSPS) is 16.3. The second kappa shape index (κ2) is 8.54. The largest absolute Gasteiger partial charge is 0.503 e. The Balaban J connectivity index is 1.77. The number of benzene rings is 3. The van der Waals surface area contributed by atoms with Crippen LogP contribution in [0, 0.1) is 0 Å². The van der Waals surface area contributed by atoms with Gasteiger partial charge in [0, 0.05) is 21.6 Å². The van der Waals surface area contributed by atoms with E-state index in [0.717, 1.165) is 26.9 Å². The zero-order chi connectivity index (χ0) is 21.3. The number of aliphatic hydroxyl groups excluding tert-OH is 1. The minimum absolute atomic E-state index is 0.237. The predicted molar refractivity (Wildman–Crippen MR) is 121 cm³/mol. The highest BCUT2D eigenvalue weighted by Crippen LogP contribution is 2.44. The van der Waals surface area contributed by atoms with Crippen molar-refractivity contribution in [2.75, 3.05) is 7.11 Å². The van der Waals surface area contributed by atoms with E-state index in [1.54, 1.807) is 24.1 Å². The Morgan fingerprint density at radius 1 is 1.00 bits per heavy atom. The highest BCUT2D eigenvalue weighted by atomic mass is 79.9. The third kappa shape index (κ3) is 3.95. The van der Waals surface area contributed by atoms with Gasteiger partial charge in [-0.1, -0.05) is 63.9 Å². The molecule has 6 heteroatoms. The van der Waals surface area contributed by atoms with E-state index in [0.29, 0.717) is 17.1 Å². The Hall–Kier alpha value is -2.76. The van der Waals surface area contributed by atoms with Gasteiger partial charge in [0.25, 0.3) is 5.91 Å². The molecule has 1 amide bonds. The Morgan fingerprint density at radius 3 is 2.23 bits per heavy atom. The lowest BCUT2D eigenvalue weighted by molar-refractivity contribution is -0.130. The molecular weight excluding hydrogens is 466 g/mol. The molecule has 1 aliphatic heterocycles. The van der Waals surface area contributed by atoms with Crippen molar-refractivity contribution in [1.82, 2.24) is 4.90 Å². The summed E-state index contributed by atoms with van der Waals surface area (Å²) in [5.41, 5.74) is 3.19. The van der Waals surface area contributed by atoms with E-state index in [1.807, 2.05) is 60.7 Å². The second-order valence-corrected chi connectivity index (χ2v) is 8.36. The number of hydrogen-bond donors (Lipinski definition) is 1. The van der Waals surface area contributed by atoms with Gasteiger partial charge in [-0.25, -0.2) is 0 Å². The third-order valence-electron chi connectivity index (χ3n) is 5.16. The molecule has 3 aromatic carbocycles. The van der Waals surface area contributed by atoms with Gasteiger partial charge in [0.05, 0.1) is 13.2 Å². The van der Waals surface area contributed by atoms with Gasteiger partial charge in [-0.05, 0) is 53.1 Å². The zero-order valence-corrected chi connectivity index (χ0v) is 18.5. The first kappa shape index (κ1) is 20.5. The maximum absolute atomic E-state index is 13.1. The monoisotopic (exact) mass is 483 g/mol. The van der Waals surface area contributed by atoms with E-state index >= 15 is 0 Å². The van der Waals surface area contributed by atoms with Crippen LogP contribution in [0.4, 0.5) is 0 Å². The maximum Gasteiger partial charge on any atom is 0.290 e. The first-order valence-corrected chi connectivity index (χ1v) is 10.5. The Kier molecular flexibility index (Phi) is 5.84. The highest BCUT2D eigenvalue weighted by Gasteiger charge is 2.40. The van der Waals surface area contributed by atoms with Gasteiger partial charge in [-0.3, -0.25) is 4.79 Å². The molecule has 4 rings (SSSR count). The summed E-state index contributed by atoms with van der Waals surface area (Å²) < 4.78 is 6.16. The van der Waals surface area contributed by atoms with Gasteiger partial charge in [-0.15, -0.1) is 0 Å². The van der Waals surface area contributed by atoms with Crippen molar-refractivity contribution < 1.29 is 14.6 Å². The molecule has 1 aliphatic rings. The van der Waals surface area contributed by atoms with E-state index in [2.05, 4.69) is 15.9 Å². The molecule has 3 aromatic rings.